The predicted molar refractivity (Wildman–Crippen MR) is 158 cm³/mol. The summed E-state index contributed by atoms with van der Waals surface area (Å²) in [7, 11) is -2.51. The maximum Gasteiger partial charge on any atom is 0.343 e. The third-order valence-corrected chi connectivity index (χ3v) is 9.47. The number of ether oxygens (including phenoxy) is 3. The van der Waals surface area contributed by atoms with Crippen molar-refractivity contribution in [2.24, 2.45) is 5.92 Å². The molecule has 0 radical (unpaired) electrons. The lowest BCUT2D eigenvalue weighted by Gasteiger charge is -2.30. The molecule has 3 unspecified atom stereocenters. The summed E-state index contributed by atoms with van der Waals surface area (Å²) in [6.45, 7) is 3.83. The molecular weight excluding hydrogens is 556 g/mol. The third-order valence-electron chi connectivity index (χ3n) is 7.37. The van der Waals surface area contributed by atoms with E-state index in [-0.39, 0.29) is 29.6 Å². The monoisotopic (exact) mass is 592 g/mol. The number of benzene rings is 3. The van der Waals surface area contributed by atoms with Crippen molar-refractivity contribution >= 4 is 21.8 Å². The molecular formula is C33H36O8S. The van der Waals surface area contributed by atoms with Gasteiger partial charge in [-0.05, 0) is 81.5 Å². The van der Waals surface area contributed by atoms with Crippen LogP contribution in [-0.4, -0.2) is 50.5 Å². The number of aliphatic hydroxyl groups excluding tert-OH is 1. The molecule has 42 heavy (non-hydrogen) atoms. The Balaban J connectivity index is 1.54. The smallest absolute Gasteiger partial charge is 0.343 e. The first-order chi connectivity index (χ1) is 20.1. The van der Waals surface area contributed by atoms with E-state index in [1.807, 2.05) is 6.92 Å². The van der Waals surface area contributed by atoms with Crippen molar-refractivity contribution < 1.29 is 37.3 Å². The van der Waals surface area contributed by atoms with Crippen LogP contribution in [0.3, 0.4) is 0 Å². The number of carbonyl (C=O) groups is 2. The van der Waals surface area contributed by atoms with Gasteiger partial charge in [-0.2, -0.15) is 0 Å². The average molecular weight is 593 g/mol. The number of methoxy groups -OCH3 is 1. The van der Waals surface area contributed by atoms with Gasteiger partial charge in [-0.15, -0.1) is 0 Å². The van der Waals surface area contributed by atoms with Crippen molar-refractivity contribution in [3.8, 4) is 11.5 Å². The van der Waals surface area contributed by atoms with Crippen molar-refractivity contribution in [1.29, 1.82) is 0 Å². The lowest BCUT2D eigenvalue weighted by Crippen LogP contribution is -2.36. The van der Waals surface area contributed by atoms with Gasteiger partial charge < -0.3 is 19.3 Å². The number of sulfone groups is 1. The van der Waals surface area contributed by atoms with E-state index in [9.17, 15) is 23.1 Å². The molecule has 0 aliphatic heterocycles. The second-order valence-electron chi connectivity index (χ2n) is 10.3. The number of hydrogen-bond donors (Lipinski definition) is 1. The molecule has 0 amide bonds. The Hall–Kier alpha value is -3.95. The van der Waals surface area contributed by atoms with Gasteiger partial charge in [0.05, 0.1) is 36.2 Å². The second-order valence-corrected chi connectivity index (χ2v) is 12.4. The van der Waals surface area contributed by atoms with E-state index >= 15 is 0 Å². The number of aliphatic hydroxyl groups is 1. The van der Waals surface area contributed by atoms with Crippen LogP contribution in [0.2, 0.25) is 0 Å². The van der Waals surface area contributed by atoms with Gasteiger partial charge in [0.1, 0.15) is 5.25 Å². The number of hydrogen-bond acceptors (Lipinski definition) is 8. The van der Waals surface area contributed by atoms with Gasteiger partial charge in [0.15, 0.2) is 21.3 Å². The molecule has 0 spiro atoms. The summed E-state index contributed by atoms with van der Waals surface area (Å²) in [5.74, 6) is -0.815. The van der Waals surface area contributed by atoms with Crippen LogP contribution in [0.25, 0.3) is 0 Å². The number of rotatable bonds is 12. The number of esters is 2. The highest BCUT2D eigenvalue weighted by Crippen LogP contribution is 2.37. The zero-order chi connectivity index (χ0) is 30.3. The van der Waals surface area contributed by atoms with Crippen LogP contribution >= 0.6 is 0 Å². The van der Waals surface area contributed by atoms with E-state index in [2.05, 4.69) is 0 Å². The highest BCUT2D eigenvalue weighted by atomic mass is 32.2. The largest absolute Gasteiger partial charge is 0.493 e. The van der Waals surface area contributed by atoms with E-state index < -0.39 is 33.1 Å². The van der Waals surface area contributed by atoms with Gasteiger partial charge in [0.25, 0.3) is 0 Å². The van der Waals surface area contributed by atoms with E-state index in [0.29, 0.717) is 36.1 Å². The summed E-state index contributed by atoms with van der Waals surface area (Å²) in [5, 5.41) is 10.1. The maximum absolute atomic E-state index is 13.7. The third kappa shape index (κ3) is 7.27. The minimum Gasteiger partial charge on any atom is -0.493 e. The van der Waals surface area contributed by atoms with Gasteiger partial charge >= 0.3 is 11.9 Å². The highest BCUT2D eigenvalue weighted by molar-refractivity contribution is 7.92. The molecule has 1 aliphatic rings. The van der Waals surface area contributed by atoms with Crippen LogP contribution in [0.1, 0.15) is 47.7 Å². The minimum atomic E-state index is -3.97. The van der Waals surface area contributed by atoms with Crippen LogP contribution in [0.5, 0.6) is 11.5 Å². The van der Waals surface area contributed by atoms with Gasteiger partial charge in [0, 0.05) is 0 Å². The molecule has 0 heterocycles. The van der Waals surface area contributed by atoms with Crippen LogP contribution in [-0.2, 0) is 25.8 Å². The van der Waals surface area contributed by atoms with Crippen molar-refractivity contribution in [2.45, 2.75) is 55.8 Å². The first-order valence-electron chi connectivity index (χ1n) is 13.9. The van der Waals surface area contributed by atoms with Gasteiger partial charge in [-0.25, -0.2) is 13.2 Å². The molecule has 1 fully saturated rings. The zero-order valence-electron chi connectivity index (χ0n) is 24.0. The molecule has 1 saturated carbocycles. The van der Waals surface area contributed by atoms with Crippen molar-refractivity contribution in [2.75, 3.05) is 13.7 Å². The Bertz CT molecular complexity index is 1530. The van der Waals surface area contributed by atoms with Crippen LogP contribution < -0.4 is 9.47 Å². The van der Waals surface area contributed by atoms with Crippen LogP contribution in [0, 0.1) is 12.8 Å². The van der Waals surface area contributed by atoms with Crippen molar-refractivity contribution in [3.63, 3.8) is 0 Å². The van der Waals surface area contributed by atoms with E-state index in [1.165, 1.54) is 25.3 Å². The van der Waals surface area contributed by atoms with Crippen LogP contribution in [0.4, 0.5) is 0 Å². The molecule has 3 aromatic carbocycles. The fourth-order valence-electron chi connectivity index (χ4n) is 4.83. The Morgan fingerprint density at radius 1 is 1.02 bits per heavy atom. The molecule has 0 bridgehead atoms. The van der Waals surface area contributed by atoms with Gasteiger partial charge in [-0.1, -0.05) is 53.6 Å². The fourth-order valence-corrected chi connectivity index (χ4v) is 6.57. The molecule has 8 nitrogen and oxygen atoms in total. The Morgan fingerprint density at radius 3 is 2.36 bits per heavy atom. The van der Waals surface area contributed by atoms with Gasteiger partial charge in [0.2, 0.25) is 0 Å². The minimum absolute atomic E-state index is 0.104. The zero-order valence-corrected chi connectivity index (χ0v) is 24.8. The topological polar surface area (TPSA) is 116 Å². The molecule has 9 heteroatoms. The Morgan fingerprint density at radius 2 is 1.74 bits per heavy atom. The fraction of sp³-hybridized carbons (Fsp3) is 0.333. The molecule has 4 rings (SSSR count). The first-order valence-corrected chi connectivity index (χ1v) is 15.5. The Labute approximate surface area is 246 Å². The summed E-state index contributed by atoms with van der Waals surface area (Å²) >= 11 is 0. The summed E-state index contributed by atoms with van der Waals surface area (Å²) in [5.41, 5.74) is 2.74. The molecule has 1 aliphatic carbocycles. The second kappa shape index (κ2) is 13.8. The average Bonchev–Trinajstić information content (AvgIpc) is 2.96. The van der Waals surface area contributed by atoms with E-state index in [4.69, 9.17) is 14.2 Å². The molecule has 1 N–H and O–H groups in total. The summed E-state index contributed by atoms with van der Waals surface area (Å²) < 4.78 is 43.6. The molecule has 222 valence electrons. The summed E-state index contributed by atoms with van der Waals surface area (Å²) in [4.78, 5) is 25.0. The molecule has 3 atom stereocenters. The molecule has 3 aromatic rings. The van der Waals surface area contributed by atoms with E-state index in [1.54, 1.807) is 67.6 Å². The summed E-state index contributed by atoms with van der Waals surface area (Å²) in [6.07, 6.45) is 1.88. The number of carbonyl (C=O) groups excluding carboxylic acids is 2. The molecule has 0 aromatic heterocycles. The predicted octanol–water partition coefficient (Wildman–Crippen LogP) is 5.26. The summed E-state index contributed by atoms with van der Waals surface area (Å²) in [6, 6.07) is 20.1. The molecule has 0 saturated heterocycles. The SMILES string of the molecule is CCOC(=O)C1CC/C1=C\C(C(O)CCc1ccc(OC(=O)c2ccccc2)c(OC)c1)S(=O)(=O)c1ccc(C)cc1. The van der Waals surface area contributed by atoms with Crippen molar-refractivity contribution in [1.82, 2.24) is 0 Å². The number of aryl methyl sites for hydroxylation is 2. The van der Waals surface area contributed by atoms with Crippen molar-refractivity contribution in [3.05, 3.63) is 101 Å². The van der Waals surface area contributed by atoms with Gasteiger partial charge in [-0.3, -0.25) is 4.79 Å². The van der Waals surface area contributed by atoms with Crippen LogP contribution in [0.15, 0.2) is 89.3 Å². The standard InChI is InChI=1S/C33H36O8S/c1-4-40-33(36)27-17-14-25(27)21-31(42(37,38)26-15-10-22(2)11-16-26)28(34)18-12-23-13-19-29(30(20-23)39-3)41-32(35)24-8-6-5-7-9-24/h5-11,13,15-16,19-21,27-28,31,34H,4,12,14,17-18H2,1-3H3/b25-21+. The lowest BCUT2D eigenvalue weighted by molar-refractivity contribution is -0.148. The Kier molecular flexibility index (Phi) is 10.2. The highest BCUT2D eigenvalue weighted by Gasteiger charge is 2.38. The lowest BCUT2D eigenvalue weighted by atomic mass is 9.78. The van der Waals surface area contributed by atoms with E-state index in [0.717, 1.165) is 11.1 Å². The normalized spacial score (nSPS) is 17.1. The first kappa shape index (κ1) is 31.0. The quantitative estimate of drug-likeness (QED) is 0.172. The maximum atomic E-state index is 13.7.